The van der Waals surface area contributed by atoms with E-state index in [1.807, 2.05) is 0 Å². The minimum absolute atomic E-state index is 0.0661. The van der Waals surface area contributed by atoms with Crippen molar-refractivity contribution in [2.24, 2.45) is 0 Å². The highest BCUT2D eigenvalue weighted by molar-refractivity contribution is 7.81. The fourth-order valence-corrected chi connectivity index (χ4v) is 4.16. The van der Waals surface area contributed by atoms with Crippen molar-refractivity contribution >= 4 is 40.5 Å². The van der Waals surface area contributed by atoms with E-state index in [1.165, 1.54) is 13.1 Å². The number of carbonyl (C=O) groups excluding carboxylic acids is 2. The van der Waals surface area contributed by atoms with Crippen LogP contribution in [0.3, 0.4) is 0 Å². The van der Waals surface area contributed by atoms with Crippen LogP contribution in [-0.2, 0) is 11.0 Å². The van der Waals surface area contributed by atoms with Gasteiger partial charge in [0.15, 0.2) is 10.8 Å². The van der Waals surface area contributed by atoms with Gasteiger partial charge < -0.3 is 10.2 Å². The number of nitrogens with zero attached hydrogens (tertiary/aromatic N) is 4. The number of pyridine rings is 1. The molecule has 2 amide bonds. The fraction of sp³-hybridized carbons (Fsp3) is 0.286. The second-order valence-electron chi connectivity index (χ2n) is 7.24. The van der Waals surface area contributed by atoms with Gasteiger partial charge in [-0.1, -0.05) is 0 Å². The second kappa shape index (κ2) is 7.77. The van der Waals surface area contributed by atoms with Crippen LogP contribution in [0.4, 0.5) is 28.9 Å². The number of alkyl halides is 3. The number of hydrogen-bond donors (Lipinski definition) is 1. The van der Waals surface area contributed by atoms with Crippen molar-refractivity contribution in [2.75, 3.05) is 16.8 Å². The van der Waals surface area contributed by atoms with Gasteiger partial charge in [0, 0.05) is 12.7 Å². The lowest BCUT2D eigenvalue weighted by Gasteiger charge is -2.43. The third kappa shape index (κ3) is 3.39. The molecule has 0 radical (unpaired) electrons. The van der Waals surface area contributed by atoms with E-state index < -0.39 is 87.0 Å². The summed E-state index contributed by atoms with van der Waals surface area (Å²) in [5.74, 6) is -3.16. The zero-order valence-corrected chi connectivity index (χ0v) is 17.5. The van der Waals surface area contributed by atoms with Gasteiger partial charge in [0.05, 0.1) is 28.5 Å². The van der Waals surface area contributed by atoms with Crippen molar-refractivity contribution in [2.45, 2.75) is 31.0 Å². The summed E-state index contributed by atoms with van der Waals surface area (Å²) >= 11 is 5.36. The maximum atomic E-state index is 15.0. The van der Waals surface area contributed by atoms with Crippen molar-refractivity contribution < 1.29 is 32.6 Å². The minimum Gasteiger partial charge on any atom is -0.355 e. The summed E-state index contributed by atoms with van der Waals surface area (Å²) < 4.78 is 89.0. The molecule has 12 heteroatoms. The zero-order valence-electron chi connectivity index (χ0n) is 20.7. The molecule has 1 aromatic heterocycles. The first-order valence-corrected chi connectivity index (χ1v) is 9.82. The Morgan fingerprint density at radius 2 is 2.06 bits per heavy atom. The predicted octanol–water partition coefficient (Wildman–Crippen LogP) is 3.53. The van der Waals surface area contributed by atoms with E-state index in [0.29, 0.717) is 11.3 Å². The maximum Gasteiger partial charge on any atom is 0.419 e. The molecular weight excluding hydrogens is 462 g/mol. The molecule has 0 bridgehead atoms. The van der Waals surface area contributed by atoms with Crippen molar-refractivity contribution in [1.29, 1.82) is 5.26 Å². The normalized spacial score (nSPS) is 18.9. The van der Waals surface area contributed by atoms with Crippen LogP contribution < -0.4 is 15.1 Å². The third-order valence-electron chi connectivity index (χ3n) is 5.47. The Morgan fingerprint density at radius 3 is 2.61 bits per heavy atom. The van der Waals surface area contributed by atoms with Crippen LogP contribution in [0.5, 0.6) is 0 Å². The zero-order chi connectivity index (χ0) is 27.6. The Kier molecular flexibility index (Phi) is 4.22. The molecule has 2 aromatic rings. The minimum atomic E-state index is -5.22. The summed E-state index contributed by atoms with van der Waals surface area (Å²) in [5.41, 5.74) is -6.65. The van der Waals surface area contributed by atoms with Crippen molar-refractivity contribution in [3.63, 3.8) is 0 Å². The first-order chi connectivity index (χ1) is 17.2. The Hall–Kier alpha value is -3.59. The average Bonchev–Trinajstić information content (AvgIpc) is 3.01. The molecule has 1 saturated carbocycles. The molecule has 0 unspecified atom stereocenters. The van der Waals surface area contributed by atoms with Gasteiger partial charge in [-0.2, -0.15) is 18.4 Å². The van der Waals surface area contributed by atoms with Crippen LogP contribution in [0.2, 0.25) is 0 Å². The van der Waals surface area contributed by atoms with Gasteiger partial charge >= 0.3 is 6.18 Å². The maximum absolute atomic E-state index is 15.0. The molecule has 1 aliphatic carbocycles. The number of nitrogens with one attached hydrogen (secondary N) is 1. The molecule has 1 aromatic carbocycles. The lowest BCUT2D eigenvalue weighted by atomic mass is 9.75. The molecule has 0 atom stereocenters. The summed E-state index contributed by atoms with van der Waals surface area (Å²) in [6.07, 6.45) is -5.65. The smallest absolute Gasteiger partial charge is 0.355 e. The molecule has 1 N–H and O–H groups in total. The van der Waals surface area contributed by atoms with Crippen molar-refractivity contribution in [3.8, 4) is 6.07 Å². The quantitative estimate of drug-likeness (QED) is 0.533. The van der Waals surface area contributed by atoms with E-state index in [0.717, 1.165) is 11.0 Å². The molecule has 2 fully saturated rings. The Morgan fingerprint density at radius 1 is 1.36 bits per heavy atom. The van der Waals surface area contributed by atoms with E-state index in [-0.39, 0.29) is 12.8 Å². The van der Waals surface area contributed by atoms with Crippen LogP contribution >= 0.6 is 12.2 Å². The number of carbonyl (C=O) groups is 2. The summed E-state index contributed by atoms with van der Waals surface area (Å²) in [5, 5.41) is 10.7. The Labute approximate surface area is 196 Å². The van der Waals surface area contributed by atoms with E-state index in [2.05, 4.69) is 10.3 Å². The lowest BCUT2D eigenvalue weighted by molar-refractivity contribution is -0.138. The van der Waals surface area contributed by atoms with Gasteiger partial charge in [-0.3, -0.25) is 14.5 Å². The molecule has 33 heavy (non-hydrogen) atoms. The first kappa shape index (κ1) is 17.9. The lowest BCUT2D eigenvalue weighted by Crippen LogP contribution is -2.55. The molecule has 170 valence electrons. The topological polar surface area (TPSA) is 89.3 Å². The summed E-state index contributed by atoms with van der Waals surface area (Å²) in [6, 6.07) is -0.851. The number of hydrogen-bond acceptors (Lipinski definition) is 5. The number of amides is 2. The molecule has 4 rings (SSSR count). The van der Waals surface area contributed by atoms with Gasteiger partial charge in [-0.15, -0.1) is 0 Å². The molecular formula is C21H15F4N5O2S. The Bertz CT molecular complexity index is 1440. The van der Waals surface area contributed by atoms with Crippen LogP contribution in [0, 0.1) is 17.1 Å². The number of aromatic nitrogens is 1. The largest absolute Gasteiger partial charge is 0.419 e. The molecule has 7 nitrogen and oxygen atoms in total. The molecule has 1 saturated heterocycles. The van der Waals surface area contributed by atoms with Gasteiger partial charge in [-0.05, 0) is 55.7 Å². The van der Waals surface area contributed by atoms with E-state index in [9.17, 15) is 22.8 Å². The predicted molar refractivity (Wildman–Crippen MR) is 113 cm³/mol. The number of benzene rings is 1. The van der Waals surface area contributed by atoms with Crippen molar-refractivity contribution in [3.05, 3.63) is 53.0 Å². The molecule has 2 aliphatic rings. The van der Waals surface area contributed by atoms with Crippen LogP contribution in [0.1, 0.15) is 46.4 Å². The third-order valence-corrected chi connectivity index (χ3v) is 5.84. The summed E-state index contributed by atoms with van der Waals surface area (Å²) in [7, 11) is 1.22. The number of rotatable bonds is 3. The summed E-state index contributed by atoms with van der Waals surface area (Å²) in [4.78, 5) is 30.4. The number of anilines is 2. The standard InChI is InChI=1S/C21H15F4N5O2S/c1-27-17(31)13-4-3-11(8-15(13)22)30-19(33)29(18(32)20(30)5-2-6-20)12-7-14(21(23,24)25)16(9-26)28-10-12/h3-4,7-8,10H,2,5-6H2,1H3,(H,27,31)/i3D,7D,8D,10D. The van der Waals surface area contributed by atoms with Gasteiger partial charge in [0.25, 0.3) is 11.8 Å². The van der Waals surface area contributed by atoms with Crippen molar-refractivity contribution in [1.82, 2.24) is 10.3 Å². The van der Waals surface area contributed by atoms with Gasteiger partial charge in [0.1, 0.15) is 17.4 Å². The van der Waals surface area contributed by atoms with E-state index in [1.54, 1.807) is 0 Å². The monoisotopic (exact) mass is 481 g/mol. The number of thiocarbonyl (C=S) groups is 1. The summed E-state index contributed by atoms with van der Waals surface area (Å²) in [6.45, 7) is 0. The molecule has 1 spiro atoms. The number of halogens is 4. The highest BCUT2D eigenvalue weighted by Crippen LogP contribution is 2.48. The van der Waals surface area contributed by atoms with E-state index >= 15 is 4.39 Å². The average molecular weight is 481 g/mol. The van der Waals surface area contributed by atoms with Crippen LogP contribution in [0.15, 0.2) is 30.4 Å². The highest BCUT2D eigenvalue weighted by Gasteiger charge is 2.59. The second-order valence-corrected chi connectivity index (χ2v) is 7.61. The first-order valence-electron chi connectivity index (χ1n) is 11.4. The van der Waals surface area contributed by atoms with Crippen LogP contribution in [0.25, 0.3) is 0 Å². The highest BCUT2D eigenvalue weighted by atomic mass is 32.1. The molecule has 2 heterocycles. The van der Waals surface area contributed by atoms with Gasteiger partial charge in [-0.25, -0.2) is 9.37 Å². The van der Waals surface area contributed by atoms with E-state index in [4.69, 9.17) is 23.0 Å². The number of nitriles is 1. The molecule has 1 aliphatic heterocycles. The fourth-order valence-electron chi connectivity index (χ4n) is 3.72. The Balaban J connectivity index is 1.96. The van der Waals surface area contributed by atoms with Gasteiger partial charge in [0.2, 0.25) is 0 Å². The SMILES string of the molecule is [2H]c1cc(C(=O)NC)c(F)c([2H])c1N1C(=S)N(c2c([2H])nc(C#N)c(C(F)(F)F)c2[2H])C(=O)C12CCC2. The van der Waals surface area contributed by atoms with Crippen LogP contribution in [-0.4, -0.2) is 34.5 Å².